The highest BCUT2D eigenvalue weighted by Crippen LogP contribution is 2.28. The minimum Gasteiger partial charge on any atom is -0.507 e. The first-order valence-electron chi connectivity index (χ1n) is 6.37. The zero-order valence-corrected chi connectivity index (χ0v) is 11.8. The molecule has 4 N–H and O–H groups in total. The number of phenols is 1. The van der Waals surface area contributed by atoms with E-state index in [0.717, 1.165) is 11.1 Å². The van der Waals surface area contributed by atoms with Gasteiger partial charge in [0.1, 0.15) is 5.75 Å². The zero-order chi connectivity index (χ0) is 14.9. The van der Waals surface area contributed by atoms with E-state index in [2.05, 4.69) is 5.32 Å². The van der Waals surface area contributed by atoms with Crippen LogP contribution < -0.4 is 11.1 Å². The third-order valence-corrected chi connectivity index (χ3v) is 3.33. The predicted octanol–water partition coefficient (Wildman–Crippen LogP) is 3.15. The Morgan fingerprint density at radius 3 is 2.55 bits per heavy atom. The molecule has 1 amide bonds. The summed E-state index contributed by atoms with van der Waals surface area (Å²) in [4.78, 5) is 12.3. The highest BCUT2D eigenvalue weighted by Gasteiger charge is 2.13. The van der Waals surface area contributed by atoms with Gasteiger partial charge in [-0.15, -0.1) is 0 Å². The van der Waals surface area contributed by atoms with Gasteiger partial charge in [-0.05, 0) is 44.5 Å². The van der Waals surface area contributed by atoms with Crippen molar-refractivity contribution in [2.24, 2.45) is 0 Å². The largest absolute Gasteiger partial charge is 0.507 e. The van der Waals surface area contributed by atoms with Gasteiger partial charge in [0.25, 0.3) is 5.91 Å². The molecule has 0 radical (unpaired) electrons. The normalized spacial score (nSPS) is 10.3. The number of phenolic OH excluding ortho intramolecular Hbond substituents is 1. The van der Waals surface area contributed by atoms with Crippen molar-refractivity contribution in [3.63, 3.8) is 0 Å². The molecular formula is C16H18N2O2. The fourth-order valence-electron chi connectivity index (χ4n) is 2.03. The molecule has 2 aromatic carbocycles. The van der Waals surface area contributed by atoms with E-state index in [1.165, 1.54) is 0 Å². The second kappa shape index (κ2) is 5.25. The molecule has 2 rings (SSSR count). The molecule has 0 aromatic heterocycles. The Bertz CT molecular complexity index is 678. The quantitative estimate of drug-likeness (QED) is 0.734. The molecule has 0 fully saturated rings. The first-order valence-corrected chi connectivity index (χ1v) is 6.37. The Balaban J connectivity index is 2.33. The van der Waals surface area contributed by atoms with E-state index in [1.807, 2.05) is 19.9 Å². The minimum atomic E-state index is -0.280. The second-order valence-corrected chi connectivity index (χ2v) is 4.95. The lowest BCUT2D eigenvalue weighted by atomic mass is 10.1. The number of benzene rings is 2. The van der Waals surface area contributed by atoms with Gasteiger partial charge in [0.15, 0.2) is 0 Å². The summed E-state index contributed by atoms with van der Waals surface area (Å²) >= 11 is 0. The van der Waals surface area contributed by atoms with Crippen molar-refractivity contribution in [3.8, 4) is 5.75 Å². The summed E-state index contributed by atoms with van der Waals surface area (Å²) in [5.74, 6) is -0.0856. The summed E-state index contributed by atoms with van der Waals surface area (Å²) in [5, 5.41) is 12.7. The van der Waals surface area contributed by atoms with Gasteiger partial charge < -0.3 is 16.2 Å². The maximum Gasteiger partial charge on any atom is 0.257 e. The van der Waals surface area contributed by atoms with E-state index in [-0.39, 0.29) is 11.7 Å². The molecule has 20 heavy (non-hydrogen) atoms. The Hall–Kier alpha value is -2.49. The smallest absolute Gasteiger partial charge is 0.257 e. The number of amides is 1. The van der Waals surface area contributed by atoms with Gasteiger partial charge in [-0.2, -0.15) is 0 Å². The van der Waals surface area contributed by atoms with Crippen molar-refractivity contribution in [3.05, 3.63) is 52.6 Å². The third-order valence-electron chi connectivity index (χ3n) is 3.33. The summed E-state index contributed by atoms with van der Waals surface area (Å²) in [6.45, 7) is 5.48. The van der Waals surface area contributed by atoms with Crippen LogP contribution >= 0.6 is 0 Å². The van der Waals surface area contributed by atoms with Gasteiger partial charge in [0, 0.05) is 16.9 Å². The maximum absolute atomic E-state index is 12.3. The van der Waals surface area contributed by atoms with Crippen LogP contribution in [0.5, 0.6) is 5.75 Å². The molecule has 4 heteroatoms. The molecule has 0 spiro atoms. The fourth-order valence-corrected chi connectivity index (χ4v) is 2.03. The van der Waals surface area contributed by atoms with Crippen LogP contribution in [0, 0.1) is 20.8 Å². The Morgan fingerprint density at radius 1 is 1.15 bits per heavy atom. The van der Waals surface area contributed by atoms with Crippen LogP contribution in [-0.2, 0) is 0 Å². The highest BCUT2D eigenvalue weighted by molar-refractivity contribution is 6.08. The molecule has 0 aliphatic rings. The van der Waals surface area contributed by atoms with Crippen LogP contribution in [0.25, 0.3) is 0 Å². The number of nitrogen functional groups attached to an aromatic ring is 1. The number of anilines is 2. The number of carbonyl (C=O) groups is 1. The standard InChI is InChI=1S/C16H18N2O2/c1-9-4-6-13(17)12(8-9)16(20)18-14-7-5-10(2)15(19)11(14)3/h4-8,19H,17H2,1-3H3,(H,18,20). The number of nitrogens with one attached hydrogen (secondary N) is 1. The Morgan fingerprint density at radius 2 is 1.85 bits per heavy atom. The monoisotopic (exact) mass is 270 g/mol. The topological polar surface area (TPSA) is 75.4 Å². The summed E-state index contributed by atoms with van der Waals surface area (Å²) in [7, 11) is 0. The number of nitrogens with two attached hydrogens (primary N) is 1. The summed E-state index contributed by atoms with van der Waals surface area (Å²) in [6.07, 6.45) is 0. The van der Waals surface area contributed by atoms with Crippen molar-refractivity contribution < 1.29 is 9.90 Å². The molecular weight excluding hydrogens is 252 g/mol. The SMILES string of the molecule is Cc1ccc(N)c(C(=O)Nc2ccc(C)c(O)c2C)c1. The van der Waals surface area contributed by atoms with Gasteiger partial charge in [0.2, 0.25) is 0 Å². The number of hydrogen-bond donors (Lipinski definition) is 3. The summed E-state index contributed by atoms with van der Waals surface area (Å²) in [6, 6.07) is 8.85. The van der Waals surface area contributed by atoms with Gasteiger partial charge >= 0.3 is 0 Å². The van der Waals surface area contributed by atoms with Gasteiger partial charge in [-0.25, -0.2) is 0 Å². The lowest BCUT2D eigenvalue weighted by molar-refractivity contribution is 0.102. The molecule has 0 atom stereocenters. The van der Waals surface area contributed by atoms with E-state index >= 15 is 0 Å². The Labute approximate surface area is 118 Å². The van der Waals surface area contributed by atoms with Crippen molar-refractivity contribution in [2.45, 2.75) is 20.8 Å². The van der Waals surface area contributed by atoms with E-state index < -0.39 is 0 Å². The molecule has 0 heterocycles. The first kappa shape index (κ1) is 13.9. The average Bonchev–Trinajstić information content (AvgIpc) is 2.42. The maximum atomic E-state index is 12.3. The van der Waals surface area contributed by atoms with Crippen LogP contribution in [0.2, 0.25) is 0 Å². The lowest BCUT2D eigenvalue weighted by Crippen LogP contribution is -2.15. The van der Waals surface area contributed by atoms with Gasteiger partial charge in [-0.3, -0.25) is 4.79 Å². The number of hydrogen-bond acceptors (Lipinski definition) is 3. The van der Waals surface area contributed by atoms with Crippen LogP contribution in [0.4, 0.5) is 11.4 Å². The number of carbonyl (C=O) groups excluding carboxylic acids is 1. The number of aromatic hydroxyl groups is 1. The molecule has 0 bridgehead atoms. The van der Waals surface area contributed by atoms with Crippen molar-refractivity contribution in [1.29, 1.82) is 0 Å². The summed E-state index contributed by atoms with van der Waals surface area (Å²) < 4.78 is 0. The highest BCUT2D eigenvalue weighted by atomic mass is 16.3. The molecule has 4 nitrogen and oxygen atoms in total. The van der Waals surface area contributed by atoms with Crippen molar-refractivity contribution in [1.82, 2.24) is 0 Å². The third kappa shape index (κ3) is 2.59. The fraction of sp³-hybridized carbons (Fsp3) is 0.188. The van der Waals surface area contributed by atoms with Crippen LogP contribution in [0.1, 0.15) is 27.0 Å². The summed E-state index contributed by atoms with van der Waals surface area (Å²) in [5.41, 5.74) is 9.66. The van der Waals surface area contributed by atoms with Crippen molar-refractivity contribution >= 4 is 17.3 Å². The lowest BCUT2D eigenvalue weighted by Gasteiger charge is -2.12. The second-order valence-electron chi connectivity index (χ2n) is 4.95. The van der Waals surface area contributed by atoms with Gasteiger partial charge in [0.05, 0.1) is 5.56 Å². The Kier molecular flexibility index (Phi) is 3.66. The molecule has 0 aliphatic carbocycles. The van der Waals surface area contributed by atoms with Gasteiger partial charge in [-0.1, -0.05) is 17.7 Å². The number of rotatable bonds is 2. The van der Waals surface area contributed by atoms with Crippen LogP contribution in [-0.4, -0.2) is 11.0 Å². The minimum absolute atomic E-state index is 0.194. The van der Waals surface area contributed by atoms with Crippen LogP contribution in [0.15, 0.2) is 30.3 Å². The average molecular weight is 270 g/mol. The molecule has 0 aliphatic heterocycles. The molecule has 104 valence electrons. The first-order chi connectivity index (χ1) is 9.40. The number of aryl methyl sites for hydroxylation is 2. The zero-order valence-electron chi connectivity index (χ0n) is 11.8. The molecule has 0 saturated carbocycles. The molecule has 2 aromatic rings. The molecule has 0 saturated heterocycles. The van der Waals surface area contributed by atoms with E-state index in [1.54, 1.807) is 31.2 Å². The van der Waals surface area contributed by atoms with E-state index in [9.17, 15) is 9.90 Å². The van der Waals surface area contributed by atoms with Crippen molar-refractivity contribution in [2.75, 3.05) is 11.1 Å². The molecule has 0 unspecified atom stereocenters. The van der Waals surface area contributed by atoms with E-state index in [0.29, 0.717) is 22.5 Å². The van der Waals surface area contributed by atoms with Crippen LogP contribution in [0.3, 0.4) is 0 Å². The predicted molar refractivity (Wildman–Crippen MR) is 81.1 cm³/mol. The van der Waals surface area contributed by atoms with E-state index in [4.69, 9.17) is 5.73 Å².